The Kier molecular flexibility index (Phi) is 5.67. The lowest BCUT2D eigenvalue weighted by atomic mass is 10.1. The van der Waals surface area contributed by atoms with E-state index in [1.807, 2.05) is 12.1 Å². The van der Waals surface area contributed by atoms with Gasteiger partial charge in [-0.05, 0) is 48.6 Å². The molecule has 0 aromatic heterocycles. The van der Waals surface area contributed by atoms with Crippen LogP contribution >= 0.6 is 0 Å². The Bertz CT molecular complexity index is 603. The quantitative estimate of drug-likeness (QED) is 0.842. The Morgan fingerprint density at radius 1 is 1.13 bits per heavy atom. The van der Waals surface area contributed by atoms with Crippen molar-refractivity contribution in [3.63, 3.8) is 0 Å². The molecule has 3 rings (SSSR count). The number of hydrogen-bond acceptors (Lipinski definition) is 3. The van der Waals surface area contributed by atoms with Crippen molar-refractivity contribution in [2.45, 2.75) is 39.0 Å². The van der Waals surface area contributed by atoms with E-state index in [1.165, 1.54) is 29.5 Å². The molecule has 1 fully saturated rings. The molecule has 1 aliphatic rings. The fraction of sp³-hybridized carbons (Fsp3) is 0.400. The van der Waals surface area contributed by atoms with Gasteiger partial charge in [0.2, 0.25) is 0 Å². The van der Waals surface area contributed by atoms with Crippen molar-refractivity contribution in [2.75, 3.05) is 13.2 Å². The molecule has 2 aromatic rings. The van der Waals surface area contributed by atoms with Crippen molar-refractivity contribution >= 4 is 0 Å². The fourth-order valence-corrected chi connectivity index (χ4v) is 2.82. The summed E-state index contributed by atoms with van der Waals surface area (Å²) in [5.41, 5.74) is 3.77. The fourth-order valence-electron chi connectivity index (χ4n) is 2.82. The number of aryl methyl sites for hydroxylation is 1. The van der Waals surface area contributed by atoms with Gasteiger partial charge in [-0.2, -0.15) is 0 Å². The van der Waals surface area contributed by atoms with Crippen LogP contribution in [0.4, 0.5) is 0 Å². The van der Waals surface area contributed by atoms with E-state index >= 15 is 0 Å². The molecule has 2 aromatic carbocycles. The Morgan fingerprint density at radius 2 is 1.96 bits per heavy atom. The third-order valence-corrected chi connectivity index (χ3v) is 4.30. The third kappa shape index (κ3) is 4.81. The second kappa shape index (κ2) is 8.14. The van der Waals surface area contributed by atoms with Crippen molar-refractivity contribution < 1.29 is 9.47 Å². The lowest BCUT2D eigenvalue weighted by Gasteiger charge is -2.11. The molecule has 3 nitrogen and oxygen atoms in total. The van der Waals surface area contributed by atoms with Crippen molar-refractivity contribution in [3.05, 3.63) is 65.2 Å². The maximum Gasteiger partial charge on any atom is 0.119 e. The standard InChI is InChI=1S/C20H25NO2/c1-16-5-2-3-6-18(16)15-23-19-10-8-17(9-11-19)13-21-14-20-7-4-12-22-20/h2-3,5-6,8-11,20-21H,4,7,12-15H2,1H3. The topological polar surface area (TPSA) is 30.5 Å². The molecule has 23 heavy (non-hydrogen) atoms. The normalized spacial score (nSPS) is 17.3. The highest BCUT2D eigenvalue weighted by Gasteiger charge is 2.14. The predicted molar refractivity (Wildman–Crippen MR) is 92.6 cm³/mol. The van der Waals surface area contributed by atoms with Gasteiger partial charge in [-0.25, -0.2) is 0 Å². The molecule has 0 saturated carbocycles. The zero-order valence-electron chi connectivity index (χ0n) is 13.8. The van der Waals surface area contributed by atoms with Crippen LogP contribution in [-0.4, -0.2) is 19.3 Å². The van der Waals surface area contributed by atoms with Crippen molar-refractivity contribution in [1.82, 2.24) is 5.32 Å². The first-order chi connectivity index (χ1) is 11.3. The van der Waals surface area contributed by atoms with E-state index in [4.69, 9.17) is 9.47 Å². The maximum atomic E-state index is 5.87. The summed E-state index contributed by atoms with van der Waals surface area (Å²) in [6, 6.07) is 16.7. The van der Waals surface area contributed by atoms with Gasteiger partial charge in [-0.15, -0.1) is 0 Å². The van der Waals surface area contributed by atoms with Gasteiger partial charge in [0.1, 0.15) is 12.4 Å². The molecule has 1 atom stereocenters. The number of ether oxygens (including phenoxy) is 2. The van der Waals surface area contributed by atoms with Crippen LogP contribution in [0.15, 0.2) is 48.5 Å². The summed E-state index contributed by atoms with van der Waals surface area (Å²) in [7, 11) is 0. The average Bonchev–Trinajstić information content (AvgIpc) is 3.09. The summed E-state index contributed by atoms with van der Waals surface area (Å²) < 4.78 is 11.5. The van der Waals surface area contributed by atoms with Crippen LogP contribution in [0, 0.1) is 6.92 Å². The molecular weight excluding hydrogens is 286 g/mol. The number of benzene rings is 2. The highest BCUT2D eigenvalue weighted by molar-refractivity contribution is 5.29. The molecule has 1 N–H and O–H groups in total. The van der Waals surface area contributed by atoms with E-state index in [-0.39, 0.29) is 0 Å². The second-order valence-corrected chi connectivity index (χ2v) is 6.13. The molecule has 0 spiro atoms. The Labute approximate surface area is 138 Å². The largest absolute Gasteiger partial charge is 0.489 e. The Balaban J connectivity index is 1.44. The van der Waals surface area contributed by atoms with Crippen LogP contribution in [0.3, 0.4) is 0 Å². The van der Waals surface area contributed by atoms with Crippen molar-refractivity contribution in [2.24, 2.45) is 0 Å². The summed E-state index contributed by atoms with van der Waals surface area (Å²) >= 11 is 0. The van der Waals surface area contributed by atoms with Crippen molar-refractivity contribution in [1.29, 1.82) is 0 Å². The molecule has 0 amide bonds. The van der Waals surface area contributed by atoms with Crippen LogP contribution < -0.4 is 10.1 Å². The lowest BCUT2D eigenvalue weighted by molar-refractivity contribution is 0.110. The average molecular weight is 311 g/mol. The van der Waals surface area contributed by atoms with Gasteiger partial charge in [0.05, 0.1) is 6.10 Å². The molecule has 3 heteroatoms. The van der Waals surface area contributed by atoms with E-state index in [9.17, 15) is 0 Å². The summed E-state index contributed by atoms with van der Waals surface area (Å²) in [5, 5.41) is 3.46. The van der Waals surface area contributed by atoms with Gasteiger partial charge in [0.15, 0.2) is 0 Å². The molecule has 1 heterocycles. The summed E-state index contributed by atoms with van der Waals surface area (Å²) in [6.07, 6.45) is 2.77. The zero-order valence-corrected chi connectivity index (χ0v) is 13.8. The first-order valence-corrected chi connectivity index (χ1v) is 8.40. The SMILES string of the molecule is Cc1ccccc1COc1ccc(CNCC2CCCO2)cc1. The number of hydrogen-bond donors (Lipinski definition) is 1. The van der Waals surface area contributed by atoms with E-state index in [0.717, 1.165) is 25.4 Å². The number of rotatable bonds is 7. The van der Waals surface area contributed by atoms with E-state index < -0.39 is 0 Å². The van der Waals surface area contributed by atoms with Crippen LogP contribution in [0.2, 0.25) is 0 Å². The molecule has 1 aliphatic heterocycles. The van der Waals surface area contributed by atoms with Crippen molar-refractivity contribution in [3.8, 4) is 5.75 Å². The molecule has 0 aliphatic carbocycles. The van der Waals surface area contributed by atoms with Gasteiger partial charge in [0, 0.05) is 19.7 Å². The summed E-state index contributed by atoms with van der Waals surface area (Å²) in [5.74, 6) is 0.913. The molecule has 0 bridgehead atoms. The Hall–Kier alpha value is -1.84. The first kappa shape index (κ1) is 16.0. The highest BCUT2D eigenvalue weighted by Crippen LogP contribution is 2.16. The van der Waals surface area contributed by atoms with Crippen LogP contribution in [0.25, 0.3) is 0 Å². The maximum absolute atomic E-state index is 5.87. The van der Waals surface area contributed by atoms with E-state index in [2.05, 4.69) is 48.6 Å². The van der Waals surface area contributed by atoms with E-state index in [1.54, 1.807) is 0 Å². The molecule has 0 radical (unpaired) electrons. The monoisotopic (exact) mass is 311 g/mol. The first-order valence-electron chi connectivity index (χ1n) is 8.40. The van der Waals surface area contributed by atoms with Crippen LogP contribution in [-0.2, 0) is 17.9 Å². The molecule has 1 unspecified atom stereocenters. The lowest BCUT2D eigenvalue weighted by Crippen LogP contribution is -2.25. The van der Waals surface area contributed by atoms with Gasteiger partial charge in [0.25, 0.3) is 0 Å². The number of nitrogens with one attached hydrogen (secondary N) is 1. The third-order valence-electron chi connectivity index (χ3n) is 4.30. The van der Waals surface area contributed by atoms with Gasteiger partial charge < -0.3 is 14.8 Å². The van der Waals surface area contributed by atoms with Crippen LogP contribution in [0.1, 0.15) is 29.5 Å². The Morgan fingerprint density at radius 3 is 2.70 bits per heavy atom. The second-order valence-electron chi connectivity index (χ2n) is 6.13. The van der Waals surface area contributed by atoms with Gasteiger partial charge in [-0.1, -0.05) is 36.4 Å². The summed E-state index contributed by atoms with van der Waals surface area (Å²) in [6.45, 7) is 5.45. The van der Waals surface area contributed by atoms with Gasteiger partial charge in [-0.3, -0.25) is 0 Å². The minimum atomic E-state index is 0.395. The van der Waals surface area contributed by atoms with E-state index in [0.29, 0.717) is 12.7 Å². The molecule has 122 valence electrons. The minimum Gasteiger partial charge on any atom is -0.489 e. The summed E-state index contributed by atoms with van der Waals surface area (Å²) in [4.78, 5) is 0. The smallest absolute Gasteiger partial charge is 0.119 e. The highest BCUT2D eigenvalue weighted by atomic mass is 16.5. The predicted octanol–water partition coefficient (Wildman–Crippen LogP) is 3.84. The van der Waals surface area contributed by atoms with Crippen LogP contribution in [0.5, 0.6) is 5.75 Å². The minimum absolute atomic E-state index is 0.395. The zero-order chi connectivity index (χ0) is 15.9. The van der Waals surface area contributed by atoms with Gasteiger partial charge >= 0.3 is 0 Å². The molecular formula is C20H25NO2. The molecule has 1 saturated heterocycles.